The third kappa shape index (κ3) is 4.05. The molecule has 0 fully saturated rings. The van der Waals surface area contributed by atoms with E-state index in [0.29, 0.717) is 27.9 Å². The minimum Gasteiger partial charge on any atom is -0.396 e. The zero-order valence-electron chi connectivity index (χ0n) is 14.5. The Morgan fingerprint density at radius 2 is 1.81 bits per heavy atom. The van der Waals surface area contributed by atoms with Gasteiger partial charge in [0.2, 0.25) is 0 Å². The molecule has 0 saturated heterocycles. The van der Waals surface area contributed by atoms with Gasteiger partial charge >= 0.3 is 0 Å². The minimum atomic E-state index is -3.45. The van der Waals surface area contributed by atoms with Gasteiger partial charge in [-0.15, -0.1) is 0 Å². The highest BCUT2D eigenvalue weighted by atomic mass is 35.5. The molecule has 1 heterocycles. The Hall–Kier alpha value is -2.22. The molecule has 2 N–H and O–H groups in total. The van der Waals surface area contributed by atoms with Crippen LogP contribution in [0.25, 0.3) is 22.4 Å². The first-order valence-electron chi connectivity index (χ1n) is 8.28. The van der Waals surface area contributed by atoms with Crippen LogP contribution in [0.4, 0.5) is 4.39 Å². The lowest BCUT2D eigenvalue weighted by Gasteiger charge is -2.08. The van der Waals surface area contributed by atoms with Crippen LogP contribution >= 0.6 is 11.6 Å². The second kappa shape index (κ2) is 7.80. The summed E-state index contributed by atoms with van der Waals surface area (Å²) in [5.74, 6) is -0.465. The van der Waals surface area contributed by atoms with Crippen LogP contribution in [0, 0.1) is 12.7 Å². The SMILES string of the molecule is Cc1ccc(-c2c(Cl)n[nH]c2-c2ccc(S(=O)(=O)CCCO)cc2)cc1F. The number of aromatic nitrogens is 2. The second-order valence-electron chi connectivity index (χ2n) is 6.15. The van der Waals surface area contributed by atoms with Crippen LogP contribution in [0.2, 0.25) is 5.15 Å². The first kappa shape index (κ1) is 19.5. The van der Waals surface area contributed by atoms with Gasteiger partial charge < -0.3 is 5.11 Å². The Morgan fingerprint density at radius 3 is 2.44 bits per heavy atom. The number of aliphatic hydroxyl groups excluding tert-OH is 1. The molecule has 3 aromatic rings. The number of halogens is 2. The van der Waals surface area contributed by atoms with E-state index in [1.807, 2.05) is 0 Å². The molecule has 5 nitrogen and oxygen atoms in total. The average Bonchev–Trinajstić information content (AvgIpc) is 3.04. The van der Waals surface area contributed by atoms with Crippen molar-refractivity contribution in [2.45, 2.75) is 18.2 Å². The molecule has 142 valence electrons. The molecule has 0 radical (unpaired) electrons. The minimum absolute atomic E-state index is 0.118. The third-order valence-corrected chi connectivity index (χ3v) is 6.35. The van der Waals surface area contributed by atoms with Gasteiger partial charge in [-0.25, -0.2) is 12.8 Å². The smallest absolute Gasteiger partial charge is 0.178 e. The summed E-state index contributed by atoms with van der Waals surface area (Å²) in [6.45, 7) is 1.49. The summed E-state index contributed by atoms with van der Waals surface area (Å²) in [5, 5.41) is 15.9. The van der Waals surface area contributed by atoms with Gasteiger partial charge in [0.05, 0.1) is 16.3 Å². The van der Waals surface area contributed by atoms with E-state index in [-0.39, 0.29) is 34.6 Å². The van der Waals surface area contributed by atoms with Crippen molar-refractivity contribution in [1.29, 1.82) is 0 Å². The zero-order valence-corrected chi connectivity index (χ0v) is 16.1. The summed E-state index contributed by atoms with van der Waals surface area (Å²) in [4.78, 5) is 0.174. The van der Waals surface area contributed by atoms with Crippen LogP contribution in [-0.4, -0.2) is 36.1 Å². The van der Waals surface area contributed by atoms with Crippen molar-refractivity contribution in [2.75, 3.05) is 12.4 Å². The van der Waals surface area contributed by atoms with Crippen molar-refractivity contribution in [3.63, 3.8) is 0 Å². The monoisotopic (exact) mass is 408 g/mol. The fourth-order valence-corrected chi connectivity index (χ4v) is 4.28. The number of nitrogens with one attached hydrogen (secondary N) is 1. The second-order valence-corrected chi connectivity index (χ2v) is 8.62. The fourth-order valence-electron chi connectivity index (χ4n) is 2.74. The first-order valence-corrected chi connectivity index (χ1v) is 10.3. The van der Waals surface area contributed by atoms with Crippen molar-refractivity contribution in [1.82, 2.24) is 10.2 Å². The van der Waals surface area contributed by atoms with E-state index >= 15 is 0 Å². The van der Waals surface area contributed by atoms with Crippen LogP contribution in [0.1, 0.15) is 12.0 Å². The van der Waals surface area contributed by atoms with Crippen molar-refractivity contribution in [3.05, 3.63) is 59.0 Å². The van der Waals surface area contributed by atoms with Crippen molar-refractivity contribution >= 4 is 21.4 Å². The summed E-state index contributed by atoms with van der Waals surface area (Å²) in [7, 11) is -3.45. The molecule has 27 heavy (non-hydrogen) atoms. The number of sulfone groups is 1. The molecule has 0 bridgehead atoms. The number of benzene rings is 2. The van der Waals surface area contributed by atoms with Crippen LogP contribution in [0.3, 0.4) is 0 Å². The number of nitrogens with zero attached hydrogens (tertiary/aromatic N) is 1. The number of H-pyrrole nitrogens is 1. The maximum atomic E-state index is 14.0. The van der Waals surface area contributed by atoms with Gasteiger partial charge in [0.15, 0.2) is 15.0 Å². The van der Waals surface area contributed by atoms with E-state index in [1.165, 1.54) is 18.2 Å². The Kier molecular flexibility index (Phi) is 5.64. The maximum Gasteiger partial charge on any atom is 0.178 e. The largest absolute Gasteiger partial charge is 0.396 e. The Bertz CT molecular complexity index is 1060. The Labute approximate surface area is 161 Å². The predicted molar refractivity (Wildman–Crippen MR) is 103 cm³/mol. The molecule has 2 aromatic carbocycles. The van der Waals surface area contributed by atoms with Crippen LogP contribution < -0.4 is 0 Å². The van der Waals surface area contributed by atoms with Gasteiger partial charge in [0, 0.05) is 17.7 Å². The van der Waals surface area contributed by atoms with E-state index in [1.54, 1.807) is 31.2 Å². The van der Waals surface area contributed by atoms with E-state index < -0.39 is 9.84 Å². The van der Waals surface area contributed by atoms with Crippen LogP contribution in [-0.2, 0) is 9.84 Å². The van der Waals surface area contributed by atoms with E-state index in [2.05, 4.69) is 10.2 Å². The fraction of sp³-hybridized carbons (Fsp3) is 0.211. The lowest BCUT2D eigenvalue weighted by atomic mass is 10.0. The summed E-state index contributed by atoms with van der Waals surface area (Å²) >= 11 is 6.20. The summed E-state index contributed by atoms with van der Waals surface area (Å²) in [6.07, 6.45) is 0.184. The summed E-state index contributed by atoms with van der Waals surface area (Å²) < 4.78 is 38.4. The quantitative estimate of drug-likeness (QED) is 0.645. The Morgan fingerprint density at radius 1 is 1.15 bits per heavy atom. The predicted octanol–water partition coefficient (Wildman–Crippen LogP) is 4.00. The number of aryl methyl sites for hydroxylation is 1. The van der Waals surface area contributed by atoms with Gasteiger partial charge in [0.1, 0.15) is 5.82 Å². The van der Waals surface area contributed by atoms with Crippen LogP contribution in [0.5, 0.6) is 0 Å². The molecule has 0 aliphatic carbocycles. The number of hydrogen-bond acceptors (Lipinski definition) is 4. The van der Waals surface area contributed by atoms with Gasteiger partial charge in [-0.2, -0.15) is 5.10 Å². The highest BCUT2D eigenvalue weighted by molar-refractivity contribution is 7.91. The van der Waals surface area contributed by atoms with Crippen molar-refractivity contribution in [3.8, 4) is 22.4 Å². The molecule has 0 amide bonds. The summed E-state index contributed by atoms with van der Waals surface area (Å²) in [5.41, 5.74) is 2.89. The number of aliphatic hydroxyl groups is 1. The summed E-state index contributed by atoms with van der Waals surface area (Å²) in [6, 6.07) is 11.1. The third-order valence-electron chi connectivity index (χ3n) is 4.26. The van der Waals surface area contributed by atoms with Gasteiger partial charge in [-0.05, 0) is 42.7 Å². The van der Waals surface area contributed by atoms with E-state index in [9.17, 15) is 12.8 Å². The topological polar surface area (TPSA) is 83.0 Å². The van der Waals surface area contributed by atoms with Crippen molar-refractivity contribution in [2.24, 2.45) is 0 Å². The normalized spacial score (nSPS) is 11.7. The highest BCUT2D eigenvalue weighted by Gasteiger charge is 2.18. The van der Waals surface area contributed by atoms with E-state index in [0.717, 1.165) is 0 Å². The molecular formula is C19H18ClFN2O3S. The number of rotatable bonds is 6. The van der Waals surface area contributed by atoms with Gasteiger partial charge in [0.25, 0.3) is 0 Å². The van der Waals surface area contributed by atoms with E-state index in [4.69, 9.17) is 16.7 Å². The molecular weight excluding hydrogens is 391 g/mol. The molecule has 0 aliphatic rings. The van der Waals surface area contributed by atoms with Crippen molar-refractivity contribution < 1.29 is 17.9 Å². The Balaban J connectivity index is 2.00. The van der Waals surface area contributed by atoms with Gasteiger partial charge in [-0.3, -0.25) is 5.10 Å². The molecule has 3 rings (SSSR count). The lowest BCUT2D eigenvalue weighted by Crippen LogP contribution is -2.08. The molecule has 0 saturated carbocycles. The van der Waals surface area contributed by atoms with Crippen LogP contribution in [0.15, 0.2) is 47.4 Å². The molecule has 1 aromatic heterocycles. The molecule has 0 spiro atoms. The molecule has 0 atom stereocenters. The standard InChI is InChI=1S/C19H18ClFN2O3S/c1-12-3-4-14(11-16(12)21)17-18(22-23-19(17)20)13-5-7-15(8-6-13)27(25,26)10-2-9-24/h3-8,11,24H,2,9-10H2,1H3,(H,22,23). The average molecular weight is 409 g/mol. The zero-order chi connectivity index (χ0) is 19.6. The lowest BCUT2D eigenvalue weighted by molar-refractivity contribution is 0.295. The molecule has 8 heteroatoms. The highest BCUT2D eigenvalue weighted by Crippen LogP contribution is 2.36. The van der Waals surface area contributed by atoms with Gasteiger partial charge in [-0.1, -0.05) is 35.9 Å². The number of hydrogen-bond donors (Lipinski definition) is 2. The first-order chi connectivity index (χ1) is 12.8. The number of aromatic amines is 1. The molecule has 0 aliphatic heterocycles. The molecule has 0 unspecified atom stereocenters. The maximum absolute atomic E-state index is 14.0.